The molecule has 1 heterocycles. The summed E-state index contributed by atoms with van der Waals surface area (Å²) in [7, 11) is 0. The van der Waals surface area contributed by atoms with Crippen molar-refractivity contribution >= 4 is 16.9 Å². The first-order chi connectivity index (χ1) is 8.06. The van der Waals surface area contributed by atoms with Crippen LogP contribution < -0.4 is 4.74 Å². The van der Waals surface area contributed by atoms with Crippen molar-refractivity contribution in [1.82, 2.24) is 4.98 Å². The van der Waals surface area contributed by atoms with Gasteiger partial charge in [0.15, 0.2) is 0 Å². The summed E-state index contributed by atoms with van der Waals surface area (Å²) in [5.41, 5.74) is 0.965. The number of fused-ring (bicyclic) bond motifs is 1. The van der Waals surface area contributed by atoms with E-state index in [0.29, 0.717) is 11.1 Å². The smallest absolute Gasteiger partial charge is 0.339 e. The summed E-state index contributed by atoms with van der Waals surface area (Å²) in [4.78, 5) is 15.4. The van der Waals surface area contributed by atoms with Crippen molar-refractivity contribution in [2.45, 2.75) is 6.92 Å². The van der Waals surface area contributed by atoms with Crippen molar-refractivity contribution in [3.8, 4) is 11.6 Å². The topological polar surface area (TPSA) is 59.4 Å². The second-order valence-electron chi connectivity index (χ2n) is 3.70. The molecule has 2 aromatic rings. The number of nitrogens with zero attached hydrogens (tertiary/aromatic N) is 1. The number of hydrogen-bond donors (Lipinski definition) is 1. The minimum absolute atomic E-state index is 0.172. The predicted molar refractivity (Wildman–Crippen MR) is 63.9 cm³/mol. The van der Waals surface area contributed by atoms with E-state index in [1.807, 2.05) is 0 Å². The maximum atomic E-state index is 11.3. The first kappa shape index (κ1) is 11.1. The summed E-state index contributed by atoms with van der Waals surface area (Å²) in [5.74, 6) is -0.113. The van der Waals surface area contributed by atoms with Gasteiger partial charge in [0, 0.05) is 17.0 Å². The van der Waals surface area contributed by atoms with Crippen LogP contribution in [0.3, 0.4) is 0 Å². The van der Waals surface area contributed by atoms with E-state index in [4.69, 9.17) is 4.74 Å². The summed E-state index contributed by atoms with van der Waals surface area (Å²) in [6.45, 7) is 5.06. The van der Waals surface area contributed by atoms with Crippen molar-refractivity contribution in [2.75, 3.05) is 0 Å². The zero-order valence-corrected chi connectivity index (χ0v) is 9.30. The van der Waals surface area contributed by atoms with Crippen molar-refractivity contribution in [3.63, 3.8) is 0 Å². The number of phenolic OH excluding ortho intramolecular Hbond substituents is 1. The van der Waals surface area contributed by atoms with Gasteiger partial charge in [0.2, 0.25) is 5.88 Å². The lowest BCUT2D eigenvalue weighted by atomic mass is 10.2. The van der Waals surface area contributed by atoms with E-state index in [1.165, 1.54) is 6.07 Å². The molecular weight excluding hydrogens is 218 g/mol. The quantitative estimate of drug-likeness (QED) is 0.634. The molecule has 0 spiro atoms. The second-order valence-corrected chi connectivity index (χ2v) is 3.70. The molecule has 0 aliphatic carbocycles. The first-order valence-electron chi connectivity index (χ1n) is 5.04. The Labute approximate surface area is 98.2 Å². The van der Waals surface area contributed by atoms with Crippen LogP contribution in [0.5, 0.6) is 11.6 Å². The molecule has 0 amide bonds. The van der Waals surface area contributed by atoms with E-state index in [9.17, 15) is 9.90 Å². The molecule has 86 valence electrons. The minimum Gasteiger partial charge on any atom is -0.508 e. The normalized spacial score (nSPS) is 10.2. The number of aromatic hydroxyl groups is 1. The van der Waals surface area contributed by atoms with Gasteiger partial charge < -0.3 is 9.84 Å². The average Bonchev–Trinajstić information content (AvgIpc) is 2.29. The van der Waals surface area contributed by atoms with Gasteiger partial charge >= 0.3 is 5.97 Å². The Morgan fingerprint density at radius 3 is 2.82 bits per heavy atom. The molecule has 0 radical (unpaired) electrons. The zero-order chi connectivity index (χ0) is 12.4. The Kier molecular flexibility index (Phi) is 2.78. The molecule has 2 rings (SSSR count). The molecule has 0 unspecified atom stereocenters. The summed E-state index contributed by atoms with van der Waals surface area (Å²) in [6, 6.07) is 8.07. The van der Waals surface area contributed by atoms with E-state index >= 15 is 0 Å². The molecule has 1 N–H and O–H groups in total. The molecule has 4 nitrogen and oxygen atoms in total. The highest BCUT2D eigenvalue weighted by Gasteiger charge is 2.07. The van der Waals surface area contributed by atoms with Crippen LogP contribution in [0.1, 0.15) is 6.92 Å². The Hall–Kier alpha value is -2.36. The molecule has 0 aliphatic rings. The fraction of sp³-hybridized carbons (Fsp3) is 0.0769. The van der Waals surface area contributed by atoms with E-state index in [-0.39, 0.29) is 11.6 Å². The predicted octanol–water partition coefficient (Wildman–Crippen LogP) is 2.42. The molecule has 17 heavy (non-hydrogen) atoms. The summed E-state index contributed by atoms with van der Waals surface area (Å²) in [6.07, 6.45) is 0. The third-order valence-electron chi connectivity index (χ3n) is 2.19. The molecule has 0 aliphatic heterocycles. The van der Waals surface area contributed by atoms with Crippen molar-refractivity contribution < 1.29 is 14.6 Å². The molecule has 0 saturated carbocycles. The molecule has 1 aromatic carbocycles. The van der Waals surface area contributed by atoms with Gasteiger partial charge in [-0.1, -0.05) is 6.58 Å². The van der Waals surface area contributed by atoms with Crippen LogP contribution in [0.4, 0.5) is 0 Å². The van der Waals surface area contributed by atoms with Crippen molar-refractivity contribution in [1.29, 1.82) is 0 Å². The van der Waals surface area contributed by atoms with Crippen LogP contribution in [0.25, 0.3) is 10.9 Å². The van der Waals surface area contributed by atoms with Crippen LogP contribution in [0, 0.1) is 0 Å². The van der Waals surface area contributed by atoms with Gasteiger partial charge in [0.05, 0.1) is 5.52 Å². The van der Waals surface area contributed by atoms with Gasteiger partial charge in [0.1, 0.15) is 5.75 Å². The van der Waals surface area contributed by atoms with E-state index < -0.39 is 5.97 Å². The molecular formula is C13H11NO3. The highest BCUT2D eigenvalue weighted by molar-refractivity contribution is 5.89. The van der Waals surface area contributed by atoms with Gasteiger partial charge in [-0.15, -0.1) is 0 Å². The summed E-state index contributed by atoms with van der Waals surface area (Å²) < 4.78 is 5.00. The summed E-state index contributed by atoms with van der Waals surface area (Å²) >= 11 is 0. The van der Waals surface area contributed by atoms with Crippen LogP contribution in [0.2, 0.25) is 0 Å². The number of carbonyl (C=O) groups is 1. The third kappa shape index (κ3) is 2.42. The minimum atomic E-state index is -0.504. The maximum absolute atomic E-state index is 11.3. The molecule has 0 atom stereocenters. The van der Waals surface area contributed by atoms with Gasteiger partial charge in [-0.2, -0.15) is 0 Å². The lowest BCUT2D eigenvalue weighted by Crippen LogP contribution is -2.09. The molecule has 0 saturated heterocycles. The fourth-order valence-electron chi connectivity index (χ4n) is 1.33. The SMILES string of the molecule is C=C(C)C(=O)Oc1ccc2cc(O)ccc2n1. The van der Waals surface area contributed by atoms with Gasteiger partial charge in [-0.05, 0) is 31.2 Å². The number of hydrogen-bond acceptors (Lipinski definition) is 4. The van der Waals surface area contributed by atoms with Crippen LogP contribution >= 0.6 is 0 Å². The number of phenols is 1. The van der Waals surface area contributed by atoms with Gasteiger partial charge in [-0.3, -0.25) is 0 Å². The van der Waals surface area contributed by atoms with E-state index in [0.717, 1.165) is 5.39 Å². The van der Waals surface area contributed by atoms with Crippen LogP contribution in [0.15, 0.2) is 42.5 Å². The van der Waals surface area contributed by atoms with E-state index in [2.05, 4.69) is 11.6 Å². The Balaban J connectivity index is 2.35. The Morgan fingerprint density at radius 2 is 2.12 bits per heavy atom. The lowest BCUT2D eigenvalue weighted by molar-refractivity contribution is -0.130. The number of carbonyl (C=O) groups excluding carboxylic acids is 1. The highest BCUT2D eigenvalue weighted by Crippen LogP contribution is 2.21. The van der Waals surface area contributed by atoms with Gasteiger partial charge in [0.25, 0.3) is 0 Å². The number of pyridine rings is 1. The average molecular weight is 229 g/mol. The largest absolute Gasteiger partial charge is 0.508 e. The molecule has 1 aromatic heterocycles. The number of benzene rings is 1. The standard InChI is InChI=1S/C13H11NO3/c1-8(2)13(16)17-12-6-3-9-7-10(15)4-5-11(9)14-12/h3-7,15H,1H2,2H3. The summed E-state index contributed by atoms with van der Waals surface area (Å²) in [5, 5.41) is 10.1. The number of rotatable bonds is 2. The molecule has 0 fully saturated rings. The monoisotopic (exact) mass is 229 g/mol. The van der Waals surface area contributed by atoms with E-state index in [1.54, 1.807) is 31.2 Å². The molecule has 0 bridgehead atoms. The van der Waals surface area contributed by atoms with Crippen LogP contribution in [-0.4, -0.2) is 16.1 Å². The fourth-order valence-corrected chi connectivity index (χ4v) is 1.33. The van der Waals surface area contributed by atoms with Gasteiger partial charge in [-0.25, -0.2) is 9.78 Å². The lowest BCUT2D eigenvalue weighted by Gasteiger charge is -2.04. The Morgan fingerprint density at radius 1 is 1.35 bits per heavy atom. The third-order valence-corrected chi connectivity index (χ3v) is 2.19. The second kappa shape index (κ2) is 4.25. The van der Waals surface area contributed by atoms with Crippen molar-refractivity contribution in [2.24, 2.45) is 0 Å². The number of esters is 1. The maximum Gasteiger partial charge on any atom is 0.339 e. The zero-order valence-electron chi connectivity index (χ0n) is 9.30. The first-order valence-corrected chi connectivity index (χ1v) is 5.04. The van der Waals surface area contributed by atoms with Crippen molar-refractivity contribution in [3.05, 3.63) is 42.5 Å². The van der Waals surface area contributed by atoms with Crippen LogP contribution in [-0.2, 0) is 4.79 Å². The number of aromatic nitrogens is 1. The molecule has 4 heteroatoms. The number of ether oxygens (including phenoxy) is 1. The Bertz CT molecular complexity index is 605. The highest BCUT2D eigenvalue weighted by atomic mass is 16.5.